The van der Waals surface area contributed by atoms with Crippen molar-refractivity contribution in [2.75, 3.05) is 11.5 Å². The smallest absolute Gasteiger partial charge is 0.271 e. The van der Waals surface area contributed by atoms with E-state index in [0.29, 0.717) is 5.69 Å². The standard InChI is InChI=1S/C9H12N2O2S/c1-2-5-14-9-4-3-7(11(12)13)6-8(9)10/h3-4,6H,2,5,10H2,1H3. The minimum atomic E-state index is -0.440. The van der Waals surface area contributed by atoms with E-state index in [1.54, 1.807) is 17.8 Å². The molecule has 1 rings (SSSR count). The quantitative estimate of drug-likeness (QED) is 0.360. The predicted molar refractivity (Wildman–Crippen MR) is 58.5 cm³/mol. The third kappa shape index (κ3) is 2.63. The maximum absolute atomic E-state index is 10.4. The number of nitrogens with zero attached hydrogens (tertiary/aromatic N) is 1. The first-order valence-electron chi connectivity index (χ1n) is 4.32. The largest absolute Gasteiger partial charge is 0.398 e. The number of hydrogen-bond acceptors (Lipinski definition) is 4. The van der Waals surface area contributed by atoms with Gasteiger partial charge >= 0.3 is 0 Å². The second-order valence-electron chi connectivity index (χ2n) is 2.83. The van der Waals surface area contributed by atoms with Crippen molar-refractivity contribution in [1.29, 1.82) is 0 Å². The first-order chi connectivity index (χ1) is 6.65. The molecule has 1 aromatic carbocycles. The predicted octanol–water partition coefficient (Wildman–Crippen LogP) is 2.68. The number of thioether (sulfide) groups is 1. The molecule has 14 heavy (non-hydrogen) atoms. The number of hydrogen-bond donors (Lipinski definition) is 1. The van der Waals surface area contributed by atoms with Gasteiger partial charge in [-0.25, -0.2) is 0 Å². The average molecular weight is 212 g/mol. The van der Waals surface area contributed by atoms with Crippen LogP contribution in [0.25, 0.3) is 0 Å². The lowest BCUT2D eigenvalue weighted by molar-refractivity contribution is -0.384. The van der Waals surface area contributed by atoms with Gasteiger partial charge in [0.1, 0.15) is 0 Å². The van der Waals surface area contributed by atoms with E-state index < -0.39 is 4.92 Å². The minimum Gasteiger partial charge on any atom is -0.398 e. The van der Waals surface area contributed by atoms with Crippen molar-refractivity contribution < 1.29 is 4.92 Å². The first-order valence-corrected chi connectivity index (χ1v) is 5.30. The van der Waals surface area contributed by atoms with Gasteiger partial charge in [-0.15, -0.1) is 11.8 Å². The molecule has 0 aliphatic carbocycles. The molecular weight excluding hydrogens is 200 g/mol. The number of nitro benzene ring substituents is 1. The van der Waals surface area contributed by atoms with Gasteiger partial charge in [-0.1, -0.05) is 6.92 Å². The molecule has 1 aromatic rings. The summed E-state index contributed by atoms with van der Waals surface area (Å²) in [5.41, 5.74) is 6.20. The Hall–Kier alpha value is -1.23. The summed E-state index contributed by atoms with van der Waals surface area (Å²) in [6, 6.07) is 4.58. The normalized spacial score (nSPS) is 10.1. The summed E-state index contributed by atoms with van der Waals surface area (Å²) in [7, 11) is 0. The summed E-state index contributed by atoms with van der Waals surface area (Å²) in [6.07, 6.45) is 1.06. The van der Waals surface area contributed by atoms with Gasteiger partial charge in [0.05, 0.1) is 10.6 Å². The minimum absolute atomic E-state index is 0.0448. The Morgan fingerprint density at radius 2 is 2.29 bits per heavy atom. The Labute approximate surface area is 86.6 Å². The molecular formula is C9H12N2O2S. The van der Waals surface area contributed by atoms with Crippen molar-refractivity contribution in [3.63, 3.8) is 0 Å². The van der Waals surface area contributed by atoms with E-state index in [1.807, 2.05) is 0 Å². The molecule has 0 saturated carbocycles. The second-order valence-corrected chi connectivity index (χ2v) is 3.96. The summed E-state index contributed by atoms with van der Waals surface area (Å²) in [5, 5.41) is 10.4. The maximum Gasteiger partial charge on any atom is 0.271 e. The highest BCUT2D eigenvalue weighted by Gasteiger charge is 2.08. The molecule has 0 fully saturated rings. The Morgan fingerprint density at radius 1 is 1.57 bits per heavy atom. The molecule has 76 valence electrons. The van der Waals surface area contributed by atoms with E-state index >= 15 is 0 Å². The lowest BCUT2D eigenvalue weighted by Gasteiger charge is -2.03. The number of rotatable bonds is 4. The van der Waals surface area contributed by atoms with Crippen molar-refractivity contribution in [3.8, 4) is 0 Å². The third-order valence-electron chi connectivity index (χ3n) is 1.67. The summed E-state index contributed by atoms with van der Waals surface area (Å²) >= 11 is 1.62. The molecule has 0 unspecified atom stereocenters. The average Bonchev–Trinajstić information content (AvgIpc) is 2.15. The van der Waals surface area contributed by atoms with Gasteiger partial charge in [0.15, 0.2) is 0 Å². The van der Waals surface area contributed by atoms with Crippen LogP contribution in [0.5, 0.6) is 0 Å². The monoisotopic (exact) mass is 212 g/mol. The van der Waals surface area contributed by atoms with E-state index in [0.717, 1.165) is 17.1 Å². The van der Waals surface area contributed by atoms with Crippen molar-refractivity contribution in [2.24, 2.45) is 0 Å². The van der Waals surface area contributed by atoms with Gasteiger partial charge < -0.3 is 5.73 Å². The number of anilines is 1. The highest BCUT2D eigenvalue weighted by Crippen LogP contribution is 2.28. The fourth-order valence-electron chi connectivity index (χ4n) is 0.993. The highest BCUT2D eigenvalue weighted by atomic mass is 32.2. The molecule has 0 bridgehead atoms. The van der Waals surface area contributed by atoms with Crippen molar-refractivity contribution in [1.82, 2.24) is 0 Å². The zero-order valence-electron chi connectivity index (χ0n) is 7.90. The van der Waals surface area contributed by atoms with Crippen LogP contribution < -0.4 is 5.73 Å². The van der Waals surface area contributed by atoms with Crippen LogP contribution in [-0.4, -0.2) is 10.7 Å². The second kappa shape index (κ2) is 4.85. The summed E-state index contributed by atoms with van der Waals surface area (Å²) < 4.78 is 0. The van der Waals surface area contributed by atoms with Gasteiger partial charge in [-0.2, -0.15) is 0 Å². The number of nitro groups is 1. The Balaban J connectivity index is 2.84. The summed E-state index contributed by atoms with van der Waals surface area (Å²) in [5.74, 6) is 0.974. The molecule has 4 nitrogen and oxygen atoms in total. The van der Waals surface area contributed by atoms with E-state index in [9.17, 15) is 10.1 Å². The fraction of sp³-hybridized carbons (Fsp3) is 0.333. The Bertz CT molecular complexity index is 342. The van der Waals surface area contributed by atoms with Gasteiger partial charge in [0.25, 0.3) is 5.69 Å². The molecule has 0 amide bonds. The molecule has 0 aromatic heterocycles. The van der Waals surface area contributed by atoms with Crippen LogP contribution in [0.15, 0.2) is 23.1 Å². The van der Waals surface area contributed by atoms with Gasteiger partial charge in [-0.3, -0.25) is 10.1 Å². The van der Waals surface area contributed by atoms with E-state index in [4.69, 9.17) is 5.73 Å². The lowest BCUT2D eigenvalue weighted by atomic mass is 10.3. The number of nitrogens with two attached hydrogens (primary N) is 1. The molecule has 0 spiro atoms. The Kier molecular flexibility index (Phi) is 3.76. The topological polar surface area (TPSA) is 69.2 Å². The van der Waals surface area contributed by atoms with Crippen molar-refractivity contribution in [2.45, 2.75) is 18.2 Å². The van der Waals surface area contributed by atoms with Gasteiger partial charge in [0.2, 0.25) is 0 Å². The first kappa shape index (κ1) is 10.8. The van der Waals surface area contributed by atoms with Crippen LogP contribution in [0, 0.1) is 10.1 Å². The van der Waals surface area contributed by atoms with E-state index in [-0.39, 0.29) is 5.69 Å². The maximum atomic E-state index is 10.4. The molecule has 0 saturated heterocycles. The molecule has 2 N–H and O–H groups in total. The van der Waals surface area contributed by atoms with Crippen LogP contribution in [0.2, 0.25) is 0 Å². The van der Waals surface area contributed by atoms with E-state index in [1.165, 1.54) is 12.1 Å². The summed E-state index contributed by atoms with van der Waals surface area (Å²) in [6.45, 7) is 2.08. The fourth-order valence-corrected chi connectivity index (χ4v) is 1.81. The molecule has 0 aliphatic heterocycles. The number of non-ortho nitro benzene ring substituents is 1. The van der Waals surface area contributed by atoms with Gasteiger partial charge in [0, 0.05) is 17.0 Å². The molecule has 0 radical (unpaired) electrons. The lowest BCUT2D eigenvalue weighted by Crippen LogP contribution is -1.93. The molecule has 5 heteroatoms. The van der Waals surface area contributed by atoms with Crippen LogP contribution in [0.4, 0.5) is 11.4 Å². The molecule has 0 atom stereocenters. The molecule has 0 aliphatic rings. The third-order valence-corrected chi connectivity index (χ3v) is 2.96. The Morgan fingerprint density at radius 3 is 2.79 bits per heavy atom. The van der Waals surface area contributed by atoms with Crippen LogP contribution in [0.1, 0.15) is 13.3 Å². The zero-order valence-corrected chi connectivity index (χ0v) is 8.71. The van der Waals surface area contributed by atoms with Crippen molar-refractivity contribution in [3.05, 3.63) is 28.3 Å². The zero-order chi connectivity index (χ0) is 10.6. The molecule has 0 heterocycles. The van der Waals surface area contributed by atoms with Crippen LogP contribution in [-0.2, 0) is 0 Å². The van der Waals surface area contributed by atoms with Gasteiger partial charge in [-0.05, 0) is 18.2 Å². The highest BCUT2D eigenvalue weighted by molar-refractivity contribution is 7.99. The van der Waals surface area contributed by atoms with E-state index in [2.05, 4.69) is 6.92 Å². The number of benzene rings is 1. The summed E-state index contributed by atoms with van der Waals surface area (Å²) in [4.78, 5) is 10.9. The van der Waals surface area contributed by atoms with Crippen molar-refractivity contribution >= 4 is 23.1 Å². The van der Waals surface area contributed by atoms with Crippen LogP contribution >= 0.6 is 11.8 Å². The SMILES string of the molecule is CCCSc1ccc([N+](=O)[O-])cc1N. The number of nitrogen functional groups attached to an aromatic ring is 1. The van der Waals surface area contributed by atoms with Crippen LogP contribution in [0.3, 0.4) is 0 Å².